The zero-order valence-corrected chi connectivity index (χ0v) is 30.9. The molecule has 272 valence electrons. The largest absolute Gasteiger partial charge is 0.507 e. The Morgan fingerprint density at radius 1 is 0.833 bits per heavy atom. The average molecular weight is 760 g/mol. The van der Waals surface area contributed by atoms with Gasteiger partial charge >= 0.3 is 5.91 Å². The molecular formula is C42H34FN3O6S2. The molecule has 5 aromatic carbocycles. The Morgan fingerprint density at radius 2 is 1.57 bits per heavy atom. The molecule has 12 heteroatoms. The molecule has 9 nitrogen and oxygen atoms in total. The fourth-order valence-corrected chi connectivity index (χ4v) is 7.85. The van der Waals surface area contributed by atoms with Crippen molar-refractivity contribution in [1.29, 1.82) is 0 Å². The molecule has 1 saturated heterocycles. The zero-order chi connectivity index (χ0) is 37.6. The molecule has 0 bridgehead atoms. The normalized spacial score (nSPS) is 15.0. The number of methoxy groups -OCH3 is 1. The third-order valence-electron chi connectivity index (χ3n) is 8.71. The van der Waals surface area contributed by atoms with Gasteiger partial charge < -0.3 is 19.3 Å². The van der Waals surface area contributed by atoms with E-state index in [4.69, 9.17) is 14.2 Å². The van der Waals surface area contributed by atoms with E-state index in [2.05, 4.69) is 10.2 Å². The minimum absolute atomic E-state index is 0.135. The Kier molecular flexibility index (Phi) is 11.0. The second-order valence-corrected chi connectivity index (χ2v) is 14.6. The summed E-state index contributed by atoms with van der Waals surface area (Å²) in [6.45, 7) is 2.66. The van der Waals surface area contributed by atoms with E-state index >= 15 is 0 Å². The maximum atomic E-state index is 14.3. The van der Waals surface area contributed by atoms with E-state index in [1.54, 1.807) is 60.7 Å². The van der Waals surface area contributed by atoms with Gasteiger partial charge in [-0.05, 0) is 71.6 Å². The molecule has 1 aliphatic rings. The van der Waals surface area contributed by atoms with Crippen molar-refractivity contribution in [2.24, 2.45) is 0 Å². The molecule has 1 N–H and O–H groups in total. The van der Waals surface area contributed by atoms with Crippen LogP contribution in [-0.4, -0.2) is 34.1 Å². The maximum absolute atomic E-state index is 14.3. The number of thioether (sulfide) groups is 1. The quantitative estimate of drug-likeness (QED) is 0.0405. The third-order valence-corrected chi connectivity index (χ3v) is 10.8. The van der Waals surface area contributed by atoms with Crippen LogP contribution < -0.4 is 19.1 Å². The lowest BCUT2D eigenvalue weighted by atomic mass is 9.95. The molecule has 0 radical (unpaired) electrons. The van der Waals surface area contributed by atoms with Crippen LogP contribution in [-0.2, 0) is 28.6 Å². The highest BCUT2D eigenvalue weighted by Gasteiger charge is 2.48. The molecule has 6 aromatic rings. The summed E-state index contributed by atoms with van der Waals surface area (Å²) in [6, 6.07) is 34.8. The van der Waals surface area contributed by atoms with Gasteiger partial charge in [0.25, 0.3) is 5.78 Å². The lowest BCUT2D eigenvalue weighted by Gasteiger charge is -2.23. The number of benzene rings is 5. The molecule has 0 aliphatic carbocycles. The number of aliphatic hydroxyl groups is 1. The highest BCUT2D eigenvalue weighted by Crippen LogP contribution is 2.46. The summed E-state index contributed by atoms with van der Waals surface area (Å²) in [6.07, 6.45) is 0. The summed E-state index contributed by atoms with van der Waals surface area (Å²) in [5.41, 5.74) is 4.24. The molecule has 0 spiro atoms. The lowest BCUT2D eigenvalue weighted by Crippen LogP contribution is -2.29. The van der Waals surface area contributed by atoms with Crippen molar-refractivity contribution in [2.75, 3.05) is 12.0 Å². The molecular weight excluding hydrogens is 726 g/mol. The standard InChI is InChI=1S/C42H34FN3O6S2/c1-26-9-8-12-28(21-26)24-51-32-18-15-29(16-19-32)38(47)36-37(30-17-20-34(35(22-30)50-2)52-23-27-10-4-3-5-11-27)46(40(49)39(36)48)41-44-45-42(54-41)53-25-31-13-6-7-14-33(31)43/h3-22,37,47H,23-25H2,1-2H3/b38-36+. The summed E-state index contributed by atoms with van der Waals surface area (Å²) >= 11 is 2.35. The van der Waals surface area contributed by atoms with Crippen LogP contribution in [0.15, 0.2) is 131 Å². The molecule has 1 unspecified atom stereocenters. The van der Waals surface area contributed by atoms with Crippen LogP contribution >= 0.6 is 23.1 Å². The van der Waals surface area contributed by atoms with Crippen molar-refractivity contribution < 1.29 is 33.3 Å². The summed E-state index contributed by atoms with van der Waals surface area (Å²) in [7, 11) is 1.50. The minimum atomic E-state index is -1.10. The van der Waals surface area contributed by atoms with Gasteiger partial charge in [-0.25, -0.2) is 4.39 Å². The van der Waals surface area contributed by atoms with Gasteiger partial charge in [0.2, 0.25) is 5.13 Å². The Labute approximate surface area is 319 Å². The van der Waals surface area contributed by atoms with Crippen molar-refractivity contribution in [2.45, 2.75) is 36.3 Å². The van der Waals surface area contributed by atoms with E-state index in [1.807, 2.05) is 61.5 Å². The molecule has 0 saturated carbocycles. The number of hydrogen-bond donors (Lipinski definition) is 1. The third kappa shape index (κ3) is 7.99. The van der Waals surface area contributed by atoms with E-state index in [1.165, 1.54) is 29.8 Å². The number of ketones is 1. The van der Waals surface area contributed by atoms with Gasteiger partial charge in [0.05, 0.1) is 18.7 Å². The van der Waals surface area contributed by atoms with Crippen molar-refractivity contribution in [3.05, 3.63) is 166 Å². The van der Waals surface area contributed by atoms with Gasteiger partial charge in [0, 0.05) is 11.3 Å². The number of Topliss-reactive ketones (excluding diaryl/α,β-unsaturated/α-hetero) is 1. The van der Waals surface area contributed by atoms with Gasteiger partial charge in [-0.2, -0.15) is 0 Å². The molecule has 1 amide bonds. The second kappa shape index (κ2) is 16.4. The van der Waals surface area contributed by atoms with Gasteiger partial charge in [0.1, 0.15) is 30.5 Å². The number of rotatable bonds is 13. The SMILES string of the molecule is COc1cc(C2/C(=C(\O)c3ccc(OCc4cccc(C)c4)cc3)C(=O)C(=O)N2c2nnc(SCc3ccccc3F)s2)ccc1OCc1ccccc1. The zero-order valence-electron chi connectivity index (χ0n) is 29.3. The summed E-state index contributed by atoms with van der Waals surface area (Å²) in [5.74, 6) is -0.815. The smallest absolute Gasteiger partial charge is 0.301 e. The number of carbonyl (C=O) groups is 2. The van der Waals surface area contributed by atoms with Gasteiger partial charge in [-0.15, -0.1) is 10.2 Å². The Balaban J connectivity index is 1.22. The number of ether oxygens (including phenoxy) is 3. The second-order valence-electron chi connectivity index (χ2n) is 12.4. The van der Waals surface area contributed by atoms with Crippen molar-refractivity contribution in [3.8, 4) is 17.2 Å². The average Bonchev–Trinajstić information content (AvgIpc) is 3.77. The van der Waals surface area contributed by atoms with E-state index in [9.17, 15) is 19.1 Å². The van der Waals surface area contributed by atoms with Crippen LogP contribution in [0.5, 0.6) is 17.2 Å². The fourth-order valence-electron chi connectivity index (χ4n) is 6.00. The highest BCUT2D eigenvalue weighted by molar-refractivity contribution is 8.00. The molecule has 1 aliphatic heterocycles. The summed E-state index contributed by atoms with van der Waals surface area (Å²) < 4.78 is 32.5. The number of amides is 1. The van der Waals surface area contributed by atoms with Gasteiger partial charge in [-0.3, -0.25) is 14.5 Å². The van der Waals surface area contributed by atoms with E-state index in [0.717, 1.165) is 28.0 Å². The van der Waals surface area contributed by atoms with E-state index in [-0.39, 0.29) is 34.6 Å². The lowest BCUT2D eigenvalue weighted by molar-refractivity contribution is -0.132. The monoisotopic (exact) mass is 759 g/mol. The van der Waals surface area contributed by atoms with E-state index < -0.39 is 17.7 Å². The predicted octanol–water partition coefficient (Wildman–Crippen LogP) is 9.07. The van der Waals surface area contributed by atoms with Crippen LogP contribution in [0, 0.1) is 12.7 Å². The first-order chi connectivity index (χ1) is 26.3. The van der Waals surface area contributed by atoms with Crippen LogP contribution in [0.3, 0.4) is 0 Å². The Hall–Kier alpha value is -5.98. The molecule has 1 fully saturated rings. The topological polar surface area (TPSA) is 111 Å². The first-order valence-corrected chi connectivity index (χ1v) is 18.7. The summed E-state index contributed by atoms with van der Waals surface area (Å²) in [5, 5.41) is 20.4. The van der Waals surface area contributed by atoms with Gasteiger partial charge in [0.15, 0.2) is 15.8 Å². The van der Waals surface area contributed by atoms with Crippen molar-refractivity contribution >= 4 is 45.7 Å². The number of anilines is 1. The van der Waals surface area contributed by atoms with Crippen LogP contribution in [0.1, 0.15) is 39.4 Å². The fraction of sp³-hybridized carbons (Fsp3) is 0.143. The Bertz CT molecular complexity index is 2330. The molecule has 1 atom stereocenters. The van der Waals surface area contributed by atoms with Crippen LogP contribution in [0.2, 0.25) is 0 Å². The first kappa shape index (κ1) is 36.4. The number of nitrogens with zero attached hydrogens (tertiary/aromatic N) is 3. The number of hydrogen-bond acceptors (Lipinski definition) is 10. The molecule has 1 aromatic heterocycles. The highest BCUT2D eigenvalue weighted by atomic mass is 32.2. The van der Waals surface area contributed by atoms with Crippen molar-refractivity contribution in [1.82, 2.24) is 10.2 Å². The predicted molar refractivity (Wildman–Crippen MR) is 206 cm³/mol. The number of aliphatic hydroxyl groups excluding tert-OH is 1. The number of aryl methyl sites for hydroxylation is 1. The van der Waals surface area contributed by atoms with Crippen LogP contribution in [0.4, 0.5) is 9.52 Å². The van der Waals surface area contributed by atoms with Crippen LogP contribution in [0.25, 0.3) is 5.76 Å². The first-order valence-electron chi connectivity index (χ1n) is 16.9. The van der Waals surface area contributed by atoms with Gasteiger partial charge in [-0.1, -0.05) is 108 Å². The molecule has 54 heavy (non-hydrogen) atoms. The van der Waals surface area contributed by atoms with E-state index in [0.29, 0.717) is 44.9 Å². The number of aromatic nitrogens is 2. The maximum Gasteiger partial charge on any atom is 0.301 e. The molecule has 7 rings (SSSR count). The minimum Gasteiger partial charge on any atom is -0.507 e. The summed E-state index contributed by atoms with van der Waals surface area (Å²) in [4.78, 5) is 29.0. The number of carbonyl (C=O) groups excluding carboxylic acids is 2. The Morgan fingerprint density at radius 3 is 2.33 bits per heavy atom. The number of halogens is 1. The molecule has 2 heterocycles. The van der Waals surface area contributed by atoms with Crippen molar-refractivity contribution in [3.63, 3.8) is 0 Å².